The molecule has 3 unspecified atom stereocenters. The van der Waals surface area contributed by atoms with Crippen LogP contribution < -0.4 is 5.11 Å². The Kier molecular flexibility index (Phi) is 23.5. The molecule has 41 heavy (non-hydrogen) atoms. The molecule has 7 heteroatoms. The van der Waals surface area contributed by atoms with Crippen LogP contribution in [0.1, 0.15) is 143 Å². The molecule has 2 N–H and O–H groups in total. The van der Waals surface area contributed by atoms with E-state index in [0.717, 1.165) is 19.3 Å². The lowest BCUT2D eigenvalue weighted by molar-refractivity contribution is -0.935. The third kappa shape index (κ3) is 19.0. The molecule has 3 atom stereocenters. The molecule has 0 radical (unpaired) electrons. The van der Waals surface area contributed by atoms with Crippen LogP contribution >= 0.6 is 0 Å². The first-order chi connectivity index (χ1) is 19.7. The van der Waals surface area contributed by atoms with Crippen LogP contribution in [-0.2, 0) is 14.4 Å². The van der Waals surface area contributed by atoms with Crippen LogP contribution in [0, 0.1) is 17.8 Å². The second-order valence-electron chi connectivity index (χ2n) is 12.2. The largest absolute Gasteiger partial charge is 0.550 e. The van der Waals surface area contributed by atoms with E-state index in [9.17, 15) is 29.7 Å². The minimum absolute atomic E-state index is 0.219. The topological polar surface area (TPSA) is 115 Å². The summed E-state index contributed by atoms with van der Waals surface area (Å²) in [5.41, 5.74) is 0. The highest BCUT2D eigenvalue weighted by atomic mass is 16.4. The smallest absolute Gasteiger partial charge is 0.312 e. The monoisotopic (exact) mass is 581 g/mol. The first kappa shape index (κ1) is 39.1. The third-order valence-electron chi connectivity index (χ3n) is 8.73. The van der Waals surface area contributed by atoms with Gasteiger partial charge in [-0.1, -0.05) is 104 Å². The molecule has 0 aliphatic rings. The molecule has 0 bridgehead atoms. The summed E-state index contributed by atoms with van der Waals surface area (Å²) >= 11 is 0. The highest BCUT2D eigenvalue weighted by molar-refractivity contribution is 5.70. The van der Waals surface area contributed by atoms with Crippen LogP contribution in [0.4, 0.5) is 0 Å². The summed E-state index contributed by atoms with van der Waals surface area (Å²) in [6.07, 6.45) is 24.0. The Morgan fingerprint density at radius 2 is 0.951 bits per heavy atom. The molecule has 7 nitrogen and oxygen atoms in total. The van der Waals surface area contributed by atoms with Gasteiger partial charge in [-0.25, -0.2) is 0 Å². The predicted octanol–water partition coefficient (Wildman–Crippen LogP) is 7.23. The van der Waals surface area contributed by atoms with Gasteiger partial charge in [0.1, 0.15) is 11.8 Å². The maximum absolute atomic E-state index is 12.0. The van der Waals surface area contributed by atoms with E-state index < -0.39 is 35.7 Å². The number of allylic oxidation sites excluding steroid dienone is 2. The number of hydrogen-bond acceptors (Lipinski definition) is 4. The van der Waals surface area contributed by atoms with Gasteiger partial charge in [-0.05, 0) is 51.4 Å². The lowest BCUT2D eigenvalue weighted by atomic mass is 9.95. The number of carbonyl (C=O) groups is 3. The number of carboxylic acid groups (broad SMARTS) is 3. The summed E-state index contributed by atoms with van der Waals surface area (Å²) in [6.45, 7) is 9.02. The van der Waals surface area contributed by atoms with Gasteiger partial charge >= 0.3 is 11.9 Å². The first-order valence-electron chi connectivity index (χ1n) is 16.8. The first-order valence-corrected chi connectivity index (χ1v) is 16.8. The van der Waals surface area contributed by atoms with E-state index >= 15 is 0 Å². The Bertz CT molecular complexity index is 662. The summed E-state index contributed by atoms with van der Waals surface area (Å²) in [6, 6.07) is 0. The molecule has 0 heterocycles. The molecule has 240 valence electrons. The molecule has 0 aliphatic heterocycles. The molecule has 0 aromatic heterocycles. The van der Waals surface area contributed by atoms with E-state index in [0.29, 0.717) is 25.8 Å². The fraction of sp³-hybridized carbons (Fsp3) is 0.853. The zero-order chi connectivity index (χ0) is 30.9. The summed E-state index contributed by atoms with van der Waals surface area (Å²) in [4.78, 5) is 35.8. The Morgan fingerprint density at radius 3 is 1.32 bits per heavy atom. The number of rotatable bonds is 29. The van der Waals surface area contributed by atoms with Crippen molar-refractivity contribution < 1.29 is 34.2 Å². The third-order valence-corrected chi connectivity index (χ3v) is 8.73. The Hall–Kier alpha value is -1.89. The zero-order valence-electron chi connectivity index (χ0n) is 26.9. The number of aliphatic carboxylic acids is 3. The Morgan fingerprint density at radius 1 is 0.585 bits per heavy atom. The minimum Gasteiger partial charge on any atom is -0.550 e. The van der Waals surface area contributed by atoms with Gasteiger partial charge in [0.15, 0.2) is 0 Å². The predicted molar refractivity (Wildman–Crippen MR) is 165 cm³/mol. The van der Waals surface area contributed by atoms with Gasteiger partial charge in [-0.3, -0.25) is 9.59 Å². The van der Waals surface area contributed by atoms with Crippen LogP contribution in [0.25, 0.3) is 0 Å². The van der Waals surface area contributed by atoms with Crippen molar-refractivity contribution in [3.8, 4) is 0 Å². The second-order valence-corrected chi connectivity index (χ2v) is 12.2. The van der Waals surface area contributed by atoms with Gasteiger partial charge in [0.25, 0.3) is 0 Å². The highest BCUT2D eigenvalue weighted by Gasteiger charge is 2.39. The molecule has 0 aromatic rings. The van der Waals surface area contributed by atoms with Gasteiger partial charge in [0.2, 0.25) is 0 Å². The van der Waals surface area contributed by atoms with E-state index in [-0.39, 0.29) is 24.1 Å². The van der Waals surface area contributed by atoms with Gasteiger partial charge < -0.3 is 24.6 Å². The van der Waals surface area contributed by atoms with Crippen molar-refractivity contribution in [3.05, 3.63) is 12.2 Å². The van der Waals surface area contributed by atoms with Crippen LogP contribution in [0.2, 0.25) is 0 Å². The average Bonchev–Trinajstić information content (AvgIpc) is 2.94. The molecule has 0 saturated heterocycles. The normalized spacial score (nSPS) is 15.4. The number of quaternary nitrogens is 1. The molecule has 0 saturated carbocycles. The second kappa shape index (κ2) is 24.7. The Balaban J connectivity index is 4.77. The molecular formula is C34H63NO6. The SMILES string of the molecule is CCCC/C=C/CCCCCCCCCCCCC[N+](CC(CC)C(=O)[O-])(CC(CC)C(=O)O)CC(CC)C(=O)O. The summed E-state index contributed by atoms with van der Waals surface area (Å²) < 4.78 is 0.219. The van der Waals surface area contributed by atoms with Crippen LogP contribution in [0.15, 0.2) is 12.2 Å². The number of unbranched alkanes of at least 4 members (excludes halogenated alkanes) is 13. The number of hydrogen-bond donors (Lipinski definition) is 2. The molecule has 0 amide bonds. The quantitative estimate of drug-likeness (QED) is 0.0547. The maximum atomic E-state index is 12.0. The van der Waals surface area contributed by atoms with Crippen molar-refractivity contribution in [3.63, 3.8) is 0 Å². The van der Waals surface area contributed by atoms with E-state index in [1.54, 1.807) is 6.92 Å². The lowest BCUT2D eigenvalue weighted by Crippen LogP contribution is -2.59. The van der Waals surface area contributed by atoms with Gasteiger partial charge in [0, 0.05) is 5.92 Å². The molecule has 0 aliphatic carbocycles. The summed E-state index contributed by atoms with van der Waals surface area (Å²) in [7, 11) is 0. The number of nitrogens with zero attached hydrogens (tertiary/aromatic N) is 1. The van der Waals surface area contributed by atoms with Crippen molar-refractivity contribution in [2.45, 2.75) is 143 Å². The highest BCUT2D eigenvalue weighted by Crippen LogP contribution is 2.25. The van der Waals surface area contributed by atoms with Crippen molar-refractivity contribution in [1.82, 2.24) is 0 Å². The van der Waals surface area contributed by atoms with E-state index in [4.69, 9.17) is 0 Å². The van der Waals surface area contributed by atoms with Gasteiger partial charge in [-0.2, -0.15) is 0 Å². The molecule has 0 rings (SSSR count). The van der Waals surface area contributed by atoms with Crippen LogP contribution in [0.3, 0.4) is 0 Å². The standard InChI is InChI=1S/C34H63NO6/c1-5-9-10-11-12-13-14-15-16-17-18-19-20-21-22-23-24-25-35(26-29(6-2)32(36)37,27-30(7-3)33(38)39)28-31(8-4)34(40)41/h11-12,29-31H,5-10,13-28H2,1-4H3,(H2-,36,37,38,39,40,41)/b12-11+. The van der Waals surface area contributed by atoms with Crippen molar-refractivity contribution >= 4 is 17.9 Å². The van der Waals surface area contributed by atoms with Crippen molar-refractivity contribution in [2.75, 3.05) is 26.2 Å². The van der Waals surface area contributed by atoms with E-state index in [1.807, 2.05) is 13.8 Å². The molecular weight excluding hydrogens is 518 g/mol. The van der Waals surface area contributed by atoms with E-state index in [2.05, 4.69) is 19.1 Å². The Labute approximate surface area is 251 Å². The van der Waals surface area contributed by atoms with Gasteiger partial charge in [-0.15, -0.1) is 0 Å². The molecule has 0 spiro atoms. The lowest BCUT2D eigenvalue weighted by Gasteiger charge is -2.44. The fourth-order valence-corrected chi connectivity index (χ4v) is 5.89. The summed E-state index contributed by atoms with van der Waals surface area (Å²) in [5.74, 6) is -4.94. The van der Waals surface area contributed by atoms with Crippen LogP contribution in [-0.4, -0.2) is 58.8 Å². The van der Waals surface area contributed by atoms with Crippen LogP contribution in [0.5, 0.6) is 0 Å². The van der Waals surface area contributed by atoms with Crippen molar-refractivity contribution in [1.29, 1.82) is 0 Å². The number of carbonyl (C=O) groups excluding carboxylic acids is 1. The molecule has 0 aromatic carbocycles. The minimum atomic E-state index is -1.14. The zero-order valence-corrected chi connectivity index (χ0v) is 26.9. The fourth-order valence-electron chi connectivity index (χ4n) is 5.89. The molecule has 0 fully saturated rings. The van der Waals surface area contributed by atoms with Gasteiger partial charge in [0.05, 0.1) is 32.1 Å². The van der Waals surface area contributed by atoms with Crippen molar-refractivity contribution in [2.24, 2.45) is 17.8 Å². The maximum Gasteiger partial charge on any atom is 0.312 e. The van der Waals surface area contributed by atoms with E-state index in [1.165, 1.54) is 77.0 Å². The average molecular weight is 582 g/mol. The summed E-state index contributed by atoms with van der Waals surface area (Å²) in [5, 5.41) is 31.5. The number of carboxylic acids is 3.